The van der Waals surface area contributed by atoms with Gasteiger partial charge in [0.1, 0.15) is 0 Å². The van der Waals surface area contributed by atoms with Gasteiger partial charge in [-0.25, -0.2) is 12.7 Å². The maximum atomic E-state index is 13.2. The van der Waals surface area contributed by atoms with E-state index in [0.717, 1.165) is 12.1 Å². The summed E-state index contributed by atoms with van der Waals surface area (Å²) in [4.78, 5) is 34.3. The van der Waals surface area contributed by atoms with Gasteiger partial charge >= 0.3 is 12.1 Å². The van der Waals surface area contributed by atoms with E-state index >= 15 is 0 Å². The molecule has 14 heteroatoms. The molecule has 1 aromatic carbocycles. The number of sulfonamides is 1. The van der Waals surface area contributed by atoms with Crippen molar-refractivity contribution in [1.82, 2.24) is 4.31 Å². The molecule has 178 valence electrons. The third-order valence-corrected chi connectivity index (χ3v) is 6.87. The van der Waals surface area contributed by atoms with E-state index in [0.29, 0.717) is 6.07 Å². The number of nitrogens with zero attached hydrogens (tertiary/aromatic N) is 2. The molecule has 2 rings (SSSR count). The number of non-ortho nitro benzene ring substituents is 1. The zero-order chi connectivity index (χ0) is 24.3. The number of benzene rings is 1. The van der Waals surface area contributed by atoms with E-state index in [1.807, 2.05) is 5.32 Å². The average Bonchev–Trinajstić information content (AvgIpc) is 2.73. The molecule has 0 spiro atoms. The van der Waals surface area contributed by atoms with E-state index in [1.165, 1.54) is 18.2 Å². The summed E-state index contributed by atoms with van der Waals surface area (Å²) in [6.07, 6.45) is -6.04. The van der Waals surface area contributed by atoms with Crippen molar-refractivity contribution >= 4 is 33.3 Å². The number of amides is 1. The zero-order valence-electron chi connectivity index (χ0n) is 17.2. The number of hydrogen-bond donors (Lipinski definition) is 1. The molecule has 1 heterocycles. The minimum atomic E-state index is -4.97. The Morgan fingerprint density at radius 2 is 1.91 bits per heavy atom. The van der Waals surface area contributed by atoms with Crippen molar-refractivity contribution < 1.29 is 40.8 Å². The highest BCUT2D eigenvalue weighted by molar-refractivity contribution is 7.89. The molecule has 0 saturated carbocycles. The number of nitro groups is 1. The highest BCUT2D eigenvalue weighted by atomic mass is 32.2. The molecule has 10 nitrogen and oxygen atoms in total. The SMILES string of the molecule is CCS(=O)(=O)N1CCC(C(=O)OC(C)C(=O)Nc2ccc([N+](=O)[O-])cc2C(F)(F)F)CC1. The quantitative estimate of drug-likeness (QED) is 0.359. The lowest BCUT2D eigenvalue weighted by Crippen LogP contribution is -2.42. The smallest absolute Gasteiger partial charge is 0.418 e. The fraction of sp³-hybridized carbons (Fsp3) is 0.556. The number of esters is 1. The predicted octanol–water partition coefficient (Wildman–Crippen LogP) is 2.55. The van der Waals surface area contributed by atoms with Crippen LogP contribution in [-0.2, 0) is 30.5 Å². The van der Waals surface area contributed by atoms with E-state index in [-0.39, 0.29) is 31.7 Å². The number of ether oxygens (including phenoxy) is 1. The molecule has 32 heavy (non-hydrogen) atoms. The molecule has 1 atom stereocenters. The van der Waals surface area contributed by atoms with Crippen LogP contribution < -0.4 is 5.32 Å². The first-order valence-corrected chi connectivity index (χ1v) is 11.2. The largest absolute Gasteiger partial charge is 0.452 e. The number of carbonyl (C=O) groups excluding carboxylic acids is 2. The maximum absolute atomic E-state index is 13.2. The minimum Gasteiger partial charge on any atom is -0.452 e. The Hall–Kier alpha value is -2.74. The van der Waals surface area contributed by atoms with Crippen molar-refractivity contribution in [2.75, 3.05) is 24.2 Å². The topological polar surface area (TPSA) is 136 Å². The summed E-state index contributed by atoms with van der Waals surface area (Å²) in [6.45, 7) is 2.91. The number of hydrogen-bond acceptors (Lipinski definition) is 7. The van der Waals surface area contributed by atoms with Crippen molar-refractivity contribution in [2.24, 2.45) is 5.92 Å². The summed E-state index contributed by atoms with van der Waals surface area (Å²) in [5, 5.41) is 12.7. The molecule has 0 radical (unpaired) electrons. The number of anilines is 1. The number of nitrogens with one attached hydrogen (secondary N) is 1. The number of alkyl halides is 3. The highest BCUT2D eigenvalue weighted by Crippen LogP contribution is 2.37. The van der Waals surface area contributed by atoms with Gasteiger partial charge in [0.15, 0.2) is 6.10 Å². The molecule has 1 fully saturated rings. The molecule has 1 aromatic rings. The lowest BCUT2D eigenvalue weighted by molar-refractivity contribution is -0.385. The fourth-order valence-corrected chi connectivity index (χ4v) is 4.23. The standard InChI is InChI=1S/C18H22F3N3O7S/c1-3-32(29,30)23-8-6-12(7-9-23)17(26)31-11(2)16(25)22-15-5-4-13(24(27)28)10-14(15)18(19,20)21/h4-5,10-12H,3,6-9H2,1-2H3,(H,22,25). The predicted molar refractivity (Wildman–Crippen MR) is 106 cm³/mol. The van der Waals surface area contributed by atoms with E-state index in [1.54, 1.807) is 0 Å². The number of nitro benzene ring substituents is 1. The van der Waals surface area contributed by atoms with Crippen molar-refractivity contribution in [3.05, 3.63) is 33.9 Å². The van der Waals surface area contributed by atoms with Crippen LogP contribution in [0.3, 0.4) is 0 Å². The Morgan fingerprint density at radius 1 is 1.31 bits per heavy atom. The van der Waals surface area contributed by atoms with Gasteiger partial charge < -0.3 is 10.1 Å². The maximum Gasteiger partial charge on any atom is 0.418 e. The van der Waals surface area contributed by atoms with Gasteiger partial charge in [-0.3, -0.25) is 19.7 Å². The Morgan fingerprint density at radius 3 is 2.41 bits per heavy atom. The Labute approximate surface area is 181 Å². The van der Waals surface area contributed by atoms with E-state index < -0.39 is 62.0 Å². The molecule has 1 amide bonds. The lowest BCUT2D eigenvalue weighted by atomic mass is 9.98. The second-order valence-electron chi connectivity index (χ2n) is 7.13. The summed E-state index contributed by atoms with van der Waals surface area (Å²) in [5.41, 5.74) is -2.93. The van der Waals surface area contributed by atoms with Crippen LogP contribution >= 0.6 is 0 Å². The van der Waals surface area contributed by atoms with Gasteiger partial charge in [0.05, 0.1) is 27.8 Å². The lowest BCUT2D eigenvalue weighted by Gasteiger charge is -2.30. The van der Waals surface area contributed by atoms with Crippen LogP contribution in [0.4, 0.5) is 24.5 Å². The summed E-state index contributed by atoms with van der Waals surface area (Å²) in [5.74, 6) is -2.54. The van der Waals surface area contributed by atoms with Gasteiger partial charge in [-0.15, -0.1) is 0 Å². The molecule has 0 bridgehead atoms. The van der Waals surface area contributed by atoms with Crippen LogP contribution in [0.25, 0.3) is 0 Å². The fourth-order valence-electron chi connectivity index (χ4n) is 3.10. The first-order valence-electron chi connectivity index (χ1n) is 9.61. The average molecular weight is 481 g/mol. The van der Waals surface area contributed by atoms with Crippen molar-refractivity contribution in [3.8, 4) is 0 Å². The molecule has 0 aliphatic carbocycles. The molecule has 1 saturated heterocycles. The number of piperidine rings is 1. The zero-order valence-corrected chi connectivity index (χ0v) is 18.0. The normalized spacial score (nSPS) is 16.9. The van der Waals surface area contributed by atoms with Crippen LogP contribution in [0.5, 0.6) is 0 Å². The van der Waals surface area contributed by atoms with Crippen molar-refractivity contribution in [2.45, 2.75) is 39.0 Å². The van der Waals surface area contributed by atoms with Gasteiger partial charge in [0.25, 0.3) is 11.6 Å². The number of carbonyl (C=O) groups is 2. The van der Waals surface area contributed by atoms with Crippen LogP contribution in [0.15, 0.2) is 18.2 Å². The first-order chi connectivity index (χ1) is 14.8. The Kier molecular flexibility index (Phi) is 7.83. The summed E-state index contributed by atoms with van der Waals surface area (Å²) in [6, 6.07) is 1.85. The van der Waals surface area contributed by atoms with E-state index in [4.69, 9.17) is 4.74 Å². The molecular formula is C18H22F3N3O7S. The summed E-state index contributed by atoms with van der Waals surface area (Å²) < 4.78 is 69.7. The molecule has 1 aliphatic rings. The summed E-state index contributed by atoms with van der Waals surface area (Å²) >= 11 is 0. The van der Waals surface area contributed by atoms with E-state index in [2.05, 4.69) is 0 Å². The van der Waals surface area contributed by atoms with E-state index in [9.17, 15) is 41.3 Å². The van der Waals surface area contributed by atoms with Gasteiger partial charge in [0, 0.05) is 25.2 Å². The second kappa shape index (κ2) is 9.81. The minimum absolute atomic E-state index is 0.0676. The van der Waals surface area contributed by atoms with Crippen molar-refractivity contribution in [1.29, 1.82) is 0 Å². The Balaban J connectivity index is 2.02. The molecular weight excluding hydrogens is 459 g/mol. The third kappa shape index (κ3) is 6.16. The Bertz CT molecular complexity index is 990. The number of halogens is 3. The van der Waals surface area contributed by atoms with Crippen molar-refractivity contribution in [3.63, 3.8) is 0 Å². The first kappa shape index (κ1) is 25.5. The van der Waals surface area contributed by atoms with Gasteiger partial charge in [0.2, 0.25) is 10.0 Å². The second-order valence-corrected chi connectivity index (χ2v) is 9.38. The monoisotopic (exact) mass is 481 g/mol. The van der Waals surface area contributed by atoms with Crippen LogP contribution in [0.2, 0.25) is 0 Å². The van der Waals surface area contributed by atoms with Crippen LogP contribution in [0, 0.1) is 16.0 Å². The van der Waals surface area contributed by atoms with Crippen LogP contribution in [0.1, 0.15) is 32.3 Å². The highest BCUT2D eigenvalue weighted by Gasteiger charge is 2.37. The molecule has 0 aromatic heterocycles. The molecule has 1 N–H and O–H groups in total. The van der Waals surface area contributed by atoms with Gasteiger partial charge in [-0.1, -0.05) is 0 Å². The third-order valence-electron chi connectivity index (χ3n) is 4.98. The van der Waals surface area contributed by atoms with Gasteiger partial charge in [-0.2, -0.15) is 13.2 Å². The van der Waals surface area contributed by atoms with Gasteiger partial charge in [-0.05, 0) is 32.8 Å². The van der Waals surface area contributed by atoms with Crippen LogP contribution in [-0.4, -0.2) is 54.5 Å². The molecule has 1 aliphatic heterocycles. The number of rotatable bonds is 7. The molecule has 1 unspecified atom stereocenters. The summed E-state index contributed by atoms with van der Waals surface area (Å²) in [7, 11) is -3.38.